The van der Waals surface area contributed by atoms with E-state index in [-0.39, 0.29) is 11.8 Å². The minimum atomic E-state index is -0.304. The molecule has 0 radical (unpaired) electrons. The Labute approximate surface area is 151 Å². The Bertz CT molecular complexity index is 880. The van der Waals surface area contributed by atoms with Crippen LogP contribution in [-0.4, -0.2) is 41.0 Å². The number of carbonyl (C=O) groups excluding carboxylic acids is 1. The second-order valence-electron chi connectivity index (χ2n) is 6.72. The Hall–Kier alpha value is -2.89. The van der Waals surface area contributed by atoms with Crippen molar-refractivity contribution in [2.45, 2.75) is 18.8 Å². The number of nitrogens with one attached hydrogen (secondary N) is 1. The molecule has 5 nitrogen and oxygen atoms in total. The molecular formula is C20H21FN4O. The second kappa shape index (κ2) is 6.78. The Morgan fingerprint density at radius 1 is 1.15 bits per heavy atom. The van der Waals surface area contributed by atoms with Crippen LogP contribution in [0.25, 0.3) is 11.0 Å². The number of hydrogen-bond acceptors (Lipinski definition) is 2. The number of aromatic nitrogens is 2. The summed E-state index contributed by atoms with van der Waals surface area (Å²) >= 11 is 0. The number of halogens is 1. The van der Waals surface area contributed by atoms with Crippen LogP contribution in [0.15, 0.2) is 48.5 Å². The highest BCUT2D eigenvalue weighted by Crippen LogP contribution is 2.28. The first-order chi connectivity index (χ1) is 12.6. The van der Waals surface area contributed by atoms with Crippen molar-refractivity contribution in [3.63, 3.8) is 0 Å². The van der Waals surface area contributed by atoms with E-state index in [1.807, 2.05) is 29.2 Å². The number of benzene rings is 2. The molecule has 2 aromatic carbocycles. The minimum Gasteiger partial charge on any atom is -0.342 e. The van der Waals surface area contributed by atoms with Gasteiger partial charge in [-0.15, -0.1) is 0 Å². The third kappa shape index (κ3) is 3.14. The molecule has 1 fully saturated rings. The van der Waals surface area contributed by atoms with Gasteiger partial charge in [-0.3, -0.25) is 4.90 Å². The predicted octanol–water partition coefficient (Wildman–Crippen LogP) is 4.14. The van der Waals surface area contributed by atoms with Crippen LogP contribution in [0.1, 0.15) is 24.6 Å². The van der Waals surface area contributed by atoms with Crippen LogP contribution in [0.2, 0.25) is 0 Å². The zero-order chi connectivity index (χ0) is 18.1. The Morgan fingerprint density at radius 3 is 2.54 bits per heavy atom. The zero-order valence-electron chi connectivity index (χ0n) is 14.7. The predicted molar refractivity (Wildman–Crippen MR) is 99.8 cm³/mol. The molecule has 2 amide bonds. The maximum Gasteiger partial charge on any atom is 0.324 e. The van der Waals surface area contributed by atoms with Crippen molar-refractivity contribution in [2.75, 3.05) is 25.0 Å². The number of imidazole rings is 1. The molecule has 0 atom stereocenters. The summed E-state index contributed by atoms with van der Waals surface area (Å²) < 4.78 is 13.1. The van der Waals surface area contributed by atoms with Gasteiger partial charge in [0.2, 0.25) is 0 Å². The number of amides is 2. The van der Waals surface area contributed by atoms with Gasteiger partial charge in [-0.2, -0.15) is 0 Å². The summed E-state index contributed by atoms with van der Waals surface area (Å²) in [6.07, 6.45) is 1.76. The largest absolute Gasteiger partial charge is 0.342 e. The van der Waals surface area contributed by atoms with Gasteiger partial charge in [-0.25, -0.2) is 14.2 Å². The number of anilines is 1. The van der Waals surface area contributed by atoms with Crippen LogP contribution >= 0.6 is 0 Å². The number of urea groups is 1. The van der Waals surface area contributed by atoms with Crippen LogP contribution < -0.4 is 4.90 Å². The van der Waals surface area contributed by atoms with Gasteiger partial charge < -0.3 is 9.88 Å². The van der Waals surface area contributed by atoms with Gasteiger partial charge in [-0.05, 0) is 49.2 Å². The Balaban J connectivity index is 1.41. The number of carbonyl (C=O) groups is 1. The highest BCUT2D eigenvalue weighted by Gasteiger charge is 2.27. The molecule has 1 aliphatic rings. The monoisotopic (exact) mass is 352 g/mol. The van der Waals surface area contributed by atoms with E-state index >= 15 is 0 Å². The van der Waals surface area contributed by atoms with Crippen molar-refractivity contribution in [3.05, 3.63) is 60.2 Å². The Morgan fingerprint density at radius 2 is 1.85 bits per heavy atom. The van der Waals surface area contributed by atoms with Gasteiger partial charge in [0.05, 0.1) is 11.0 Å². The molecule has 6 heteroatoms. The van der Waals surface area contributed by atoms with Gasteiger partial charge in [-0.1, -0.05) is 12.1 Å². The molecule has 0 saturated carbocycles. The lowest BCUT2D eigenvalue weighted by Gasteiger charge is -2.34. The number of likely N-dealkylation sites (tertiary alicyclic amines) is 1. The molecule has 0 unspecified atom stereocenters. The molecule has 3 aromatic rings. The zero-order valence-corrected chi connectivity index (χ0v) is 14.7. The van der Waals surface area contributed by atoms with Crippen molar-refractivity contribution in [1.82, 2.24) is 14.9 Å². The van der Waals surface area contributed by atoms with E-state index in [1.165, 1.54) is 12.1 Å². The number of fused-ring (bicyclic) bond motifs is 1. The maximum absolute atomic E-state index is 13.1. The first-order valence-electron chi connectivity index (χ1n) is 8.84. The van der Waals surface area contributed by atoms with Gasteiger partial charge in [0, 0.05) is 31.7 Å². The summed E-state index contributed by atoms with van der Waals surface area (Å²) in [7, 11) is 1.72. The number of H-pyrrole nitrogens is 1. The normalized spacial score (nSPS) is 15.4. The van der Waals surface area contributed by atoms with Crippen LogP contribution in [0.4, 0.5) is 14.9 Å². The number of nitrogens with zero attached hydrogens (tertiary/aromatic N) is 3. The summed E-state index contributed by atoms with van der Waals surface area (Å²) in [5.74, 6) is 1.04. The minimum absolute atomic E-state index is 0.0559. The van der Waals surface area contributed by atoms with Gasteiger partial charge >= 0.3 is 6.03 Å². The summed E-state index contributed by atoms with van der Waals surface area (Å²) in [6, 6.07) is 13.9. The van der Waals surface area contributed by atoms with E-state index in [9.17, 15) is 9.18 Å². The summed E-state index contributed by atoms with van der Waals surface area (Å²) in [6.45, 7) is 1.37. The van der Waals surface area contributed by atoms with Gasteiger partial charge in [0.1, 0.15) is 11.6 Å². The SMILES string of the molecule is CN(C(=O)N1CCC(c2nc3ccccc3[nH]2)CC1)c1ccc(F)cc1. The molecule has 0 bridgehead atoms. The van der Waals surface area contributed by atoms with Gasteiger partial charge in [0.15, 0.2) is 0 Å². The van der Waals surface area contributed by atoms with Crippen LogP contribution in [0.5, 0.6) is 0 Å². The maximum atomic E-state index is 13.1. The highest BCUT2D eigenvalue weighted by atomic mass is 19.1. The highest BCUT2D eigenvalue weighted by molar-refractivity contribution is 5.91. The van der Waals surface area contributed by atoms with Crippen molar-refractivity contribution >= 4 is 22.8 Å². The van der Waals surface area contributed by atoms with E-state index in [2.05, 4.69) is 4.98 Å². The number of piperidine rings is 1. The third-order valence-corrected chi connectivity index (χ3v) is 5.06. The number of para-hydroxylation sites is 2. The quantitative estimate of drug-likeness (QED) is 0.754. The van der Waals surface area contributed by atoms with Crippen LogP contribution in [-0.2, 0) is 0 Å². The fourth-order valence-electron chi connectivity index (χ4n) is 3.50. The third-order valence-electron chi connectivity index (χ3n) is 5.06. The lowest BCUT2D eigenvalue weighted by atomic mass is 9.96. The first-order valence-corrected chi connectivity index (χ1v) is 8.84. The van der Waals surface area contributed by atoms with Crippen LogP contribution in [0.3, 0.4) is 0 Å². The molecule has 4 rings (SSSR count). The molecule has 26 heavy (non-hydrogen) atoms. The molecule has 1 saturated heterocycles. The molecule has 1 aromatic heterocycles. The lowest BCUT2D eigenvalue weighted by Crippen LogP contribution is -2.45. The van der Waals surface area contributed by atoms with Gasteiger partial charge in [0.25, 0.3) is 0 Å². The van der Waals surface area contributed by atoms with Crippen molar-refractivity contribution < 1.29 is 9.18 Å². The van der Waals surface area contributed by atoms with Crippen LogP contribution in [0, 0.1) is 5.82 Å². The van der Waals surface area contributed by atoms with E-state index in [0.717, 1.165) is 29.7 Å². The van der Waals surface area contributed by atoms with Crippen molar-refractivity contribution in [2.24, 2.45) is 0 Å². The molecule has 134 valence electrons. The van der Waals surface area contributed by atoms with E-state index in [4.69, 9.17) is 4.98 Å². The molecule has 0 aliphatic carbocycles. The Kier molecular flexibility index (Phi) is 4.32. The van der Waals surface area contributed by atoms with E-state index < -0.39 is 0 Å². The second-order valence-corrected chi connectivity index (χ2v) is 6.72. The topological polar surface area (TPSA) is 52.2 Å². The summed E-state index contributed by atoms with van der Waals surface area (Å²) in [4.78, 5) is 24.2. The molecule has 1 aliphatic heterocycles. The number of hydrogen-bond donors (Lipinski definition) is 1. The van der Waals surface area contributed by atoms with Crippen molar-refractivity contribution in [3.8, 4) is 0 Å². The fraction of sp³-hybridized carbons (Fsp3) is 0.300. The number of rotatable bonds is 2. The molecule has 2 heterocycles. The standard InChI is InChI=1S/C20H21FN4O/c1-24(16-8-6-15(21)7-9-16)20(26)25-12-10-14(11-13-25)19-22-17-4-2-3-5-18(17)23-19/h2-9,14H,10-13H2,1H3,(H,22,23). The average Bonchev–Trinajstić information content (AvgIpc) is 3.12. The molecular weight excluding hydrogens is 331 g/mol. The summed E-state index contributed by atoms with van der Waals surface area (Å²) in [5.41, 5.74) is 2.73. The fourth-order valence-corrected chi connectivity index (χ4v) is 3.50. The van der Waals surface area contributed by atoms with E-state index in [1.54, 1.807) is 24.1 Å². The smallest absolute Gasteiger partial charge is 0.324 e. The van der Waals surface area contributed by atoms with E-state index in [0.29, 0.717) is 24.7 Å². The number of aromatic amines is 1. The molecule has 1 N–H and O–H groups in total. The lowest BCUT2D eigenvalue weighted by molar-refractivity contribution is 0.188. The summed E-state index contributed by atoms with van der Waals surface area (Å²) in [5, 5.41) is 0. The van der Waals surface area contributed by atoms with Crippen molar-refractivity contribution in [1.29, 1.82) is 0 Å². The first kappa shape index (κ1) is 16.6. The average molecular weight is 352 g/mol. The molecule has 0 spiro atoms.